The van der Waals surface area contributed by atoms with Gasteiger partial charge in [0.05, 0.1) is 5.71 Å². The largest absolute Gasteiger partial charge is 0.485 e. The highest BCUT2D eigenvalue weighted by atomic mass is 79.9. The zero-order chi connectivity index (χ0) is 13.9. The fourth-order valence-electron chi connectivity index (χ4n) is 2.24. The van der Waals surface area contributed by atoms with E-state index in [0.29, 0.717) is 6.42 Å². The van der Waals surface area contributed by atoms with Gasteiger partial charge in [-0.1, -0.05) is 15.9 Å². The fraction of sp³-hybridized carbons (Fsp3) is 0.133. The van der Waals surface area contributed by atoms with Gasteiger partial charge in [0.1, 0.15) is 11.9 Å². The highest BCUT2D eigenvalue weighted by molar-refractivity contribution is 9.10. The molecule has 2 heterocycles. The lowest BCUT2D eigenvalue weighted by molar-refractivity contribution is 0.206. The highest BCUT2D eigenvalue weighted by Crippen LogP contribution is 2.36. The Morgan fingerprint density at radius 2 is 2.10 bits per heavy atom. The average Bonchev–Trinajstić information content (AvgIpc) is 2.49. The van der Waals surface area contributed by atoms with Crippen LogP contribution in [0.4, 0.5) is 0 Å². The first-order valence-corrected chi connectivity index (χ1v) is 6.89. The molecule has 0 radical (unpaired) electrons. The minimum absolute atomic E-state index is 0.140. The van der Waals surface area contributed by atoms with E-state index in [1.54, 1.807) is 12.4 Å². The molecule has 0 bridgehead atoms. The molecular weight excluding hydrogens is 318 g/mol. The van der Waals surface area contributed by atoms with Crippen LogP contribution in [0.5, 0.6) is 5.75 Å². The molecule has 1 aliphatic rings. The van der Waals surface area contributed by atoms with Gasteiger partial charge in [0.2, 0.25) is 6.19 Å². The van der Waals surface area contributed by atoms with E-state index in [4.69, 9.17) is 10.00 Å². The van der Waals surface area contributed by atoms with Crippen LogP contribution in [0, 0.1) is 11.5 Å². The summed E-state index contributed by atoms with van der Waals surface area (Å²) < 4.78 is 6.95. The van der Waals surface area contributed by atoms with Gasteiger partial charge >= 0.3 is 0 Å². The van der Waals surface area contributed by atoms with Crippen LogP contribution in [-0.4, -0.2) is 10.7 Å². The van der Waals surface area contributed by atoms with Crippen molar-refractivity contribution < 1.29 is 4.74 Å². The van der Waals surface area contributed by atoms with Crippen molar-refractivity contribution in [1.29, 1.82) is 5.26 Å². The van der Waals surface area contributed by atoms with Gasteiger partial charge in [0.15, 0.2) is 0 Å². The first-order chi connectivity index (χ1) is 9.78. The van der Waals surface area contributed by atoms with E-state index in [0.717, 1.165) is 27.1 Å². The van der Waals surface area contributed by atoms with E-state index >= 15 is 0 Å². The van der Waals surface area contributed by atoms with Gasteiger partial charge in [-0.05, 0) is 35.9 Å². The van der Waals surface area contributed by atoms with Crippen LogP contribution in [0.25, 0.3) is 0 Å². The molecule has 1 unspecified atom stereocenters. The highest BCUT2D eigenvalue weighted by Gasteiger charge is 2.26. The van der Waals surface area contributed by atoms with E-state index in [9.17, 15) is 0 Å². The number of benzene rings is 1. The van der Waals surface area contributed by atoms with Crippen LogP contribution in [0.1, 0.15) is 23.7 Å². The van der Waals surface area contributed by atoms with Gasteiger partial charge in [-0.3, -0.25) is 4.98 Å². The lowest BCUT2D eigenvalue weighted by Gasteiger charge is -2.27. The molecule has 1 aliphatic heterocycles. The number of aliphatic imine (C=N–C) groups is 1. The summed E-state index contributed by atoms with van der Waals surface area (Å²) in [7, 11) is 0. The van der Waals surface area contributed by atoms with Crippen LogP contribution >= 0.6 is 15.9 Å². The molecular formula is C15H10BrN3O. The SMILES string of the molecule is N#CN=C1CC(c2ccncc2)Oc2ccc(Br)cc21. The minimum Gasteiger partial charge on any atom is -0.485 e. The van der Waals surface area contributed by atoms with E-state index in [1.165, 1.54) is 0 Å². The van der Waals surface area contributed by atoms with E-state index in [-0.39, 0.29) is 6.10 Å². The van der Waals surface area contributed by atoms with Gasteiger partial charge in [0, 0.05) is 28.9 Å². The topological polar surface area (TPSA) is 58.3 Å². The number of hydrogen-bond donors (Lipinski definition) is 0. The molecule has 0 saturated carbocycles. The molecule has 5 heteroatoms. The number of hydrogen-bond acceptors (Lipinski definition) is 4. The van der Waals surface area contributed by atoms with Crippen LogP contribution in [-0.2, 0) is 0 Å². The van der Waals surface area contributed by atoms with Crippen LogP contribution in [0.15, 0.2) is 52.2 Å². The predicted molar refractivity (Wildman–Crippen MR) is 78.5 cm³/mol. The Hall–Kier alpha value is -2.19. The summed E-state index contributed by atoms with van der Waals surface area (Å²) in [5, 5.41) is 8.87. The molecule has 1 aromatic carbocycles. The van der Waals surface area contributed by atoms with E-state index < -0.39 is 0 Å². The van der Waals surface area contributed by atoms with Gasteiger partial charge in [0.25, 0.3) is 0 Å². The zero-order valence-corrected chi connectivity index (χ0v) is 12.0. The molecule has 20 heavy (non-hydrogen) atoms. The molecule has 0 aliphatic carbocycles. The first kappa shape index (κ1) is 12.8. The maximum Gasteiger partial charge on any atom is 0.205 e. The van der Waals surface area contributed by atoms with Crippen molar-refractivity contribution in [2.24, 2.45) is 4.99 Å². The normalized spacial score (nSPS) is 19.0. The van der Waals surface area contributed by atoms with Crippen molar-refractivity contribution in [2.45, 2.75) is 12.5 Å². The Morgan fingerprint density at radius 3 is 2.85 bits per heavy atom. The molecule has 0 fully saturated rings. The lowest BCUT2D eigenvalue weighted by atomic mass is 9.96. The summed E-state index contributed by atoms with van der Waals surface area (Å²) >= 11 is 3.43. The molecule has 0 saturated heterocycles. The molecule has 1 atom stereocenters. The van der Waals surface area contributed by atoms with E-state index in [1.807, 2.05) is 36.5 Å². The maximum atomic E-state index is 8.87. The summed E-state index contributed by atoms with van der Waals surface area (Å²) in [6, 6.07) is 9.56. The summed E-state index contributed by atoms with van der Waals surface area (Å²) in [5.41, 5.74) is 2.64. The lowest BCUT2D eigenvalue weighted by Crippen LogP contribution is -2.21. The standard InChI is InChI=1S/C15H10BrN3O/c16-11-1-2-14-12(7-11)13(19-9-17)8-15(20-14)10-3-5-18-6-4-10/h1-7,15H,8H2. The number of aromatic nitrogens is 1. The number of nitriles is 1. The predicted octanol–water partition coefficient (Wildman–Crippen LogP) is 3.64. The van der Waals surface area contributed by atoms with Crippen LogP contribution in [0.2, 0.25) is 0 Å². The summed E-state index contributed by atoms with van der Waals surface area (Å²) in [4.78, 5) is 7.95. The van der Waals surface area contributed by atoms with Gasteiger partial charge in [-0.15, -0.1) is 0 Å². The summed E-state index contributed by atoms with van der Waals surface area (Å²) in [6.45, 7) is 0. The quantitative estimate of drug-likeness (QED) is 0.751. The zero-order valence-electron chi connectivity index (χ0n) is 10.5. The number of nitrogens with zero attached hydrogens (tertiary/aromatic N) is 3. The Labute approximate surface area is 124 Å². The Morgan fingerprint density at radius 1 is 1.30 bits per heavy atom. The first-order valence-electron chi connectivity index (χ1n) is 6.10. The Bertz CT molecular complexity index is 707. The third kappa shape index (κ3) is 2.43. The Balaban J connectivity index is 2.04. The van der Waals surface area contributed by atoms with Crippen molar-refractivity contribution in [3.05, 3.63) is 58.3 Å². The van der Waals surface area contributed by atoms with Gasteiger partial charge in [-0.2, -0.15) is 10.3 Å². The number of ether oxygens (including phenoxy) is 1. The summed E-state index contributed by atoms with van der Waals surface area (Å²) in [6.07, 6.45) is 5.77. The maximum absolute atomic E-state index is 8.87. The second-order valence-electron chi connectivity index (χ2n) is 4.39. The molecule has 0 amide bonds. The number of fused-ring (bicyclic) bond motifs is 1. The summed E-state index contributed by atoms with van der Waals surface area (Å²) in [5.74, 6) is 0.746. The molecule has 2 aromatic rings. The second kappa shape index (κ2) is 5.43. The second-order valence-corrected chi connectivity index (χ2v) is 5.31. The van der Waals surface area contributed by atoms with Crippen LogP contribution < -0.4 is 4.74 Å². The van der Waals surface area contributed by atoms with Crippen molar-refractivity contribution in [3.63, 3.8) is 0 Å². The van der Waals surface area contributed by atoms with Crippen molar-refractivity contribution in [1.82, 2.24) is 4.98 Å². The van der Waals surface area contributed by atoms with Gasteiger partial charge < -0.3 is 4.74 Å². The molecule has 1 aromatic heterocycles. The monoisotopic (exact) mass is 327 g/mol. The van der Waals surface area contributed by atoms with Crippen LogP contribution in [0.3, 0.4) is 0 Å². The molecule has 4 nitrogen and oxygen atoms in total. The van der Waals surface area contributed by atoms with Crippen molar-refractivity contribution >= 4 is 21.6 Å². The third-order valence-corrected chi connectivity index (χ3v) is 3.66. The molecule has 0 spiro atoms. The van der Waals surface area contributed by atoms with Crippen molar-refractivity contribution in [3.8, 4) is 11.9 Å². The molecule has 0 N–H and O–H groups in total. The van der Waals surface area contributed by atoms with E-state index in [2.05, 4.69) is 25.9 Å². The fourth-order valence-corrected chi connectivity index (χ4v) is 2.60. The molecule has 3 rings (SSSR count). The smallest absolute Gasteiger partial charge is 0.205 e. The number of pyridine rings is 1. The van der Waals surface area contributed by atoms with Gasteiger partial charge in [-0.25, -0.2) is 0 Å². The van der Waals surface area contributed by atoms with Crippen molar-refractivity contribution in [2.75, 3.05) is 0 Å². The Kier molecular flexibility index (Phi) is 3.48. The number of rotatable bonds is 1. The number of halogens is 1. The molecule has 98 valence electrons. The third-order valence-electron chi connectivity index (χ3n) is 3.16. The minimum atomic E-state index is -0.140. The average molecular weight is 328 g/mol.